The van der Waals surface area contributed by atoms with E-state index in [9.17, 15) is 8.42 Å². The maximum Gasteiger partial charge on any atom is 0.263 e. The van der Waals surface area contributed by atoms with Crippen LogP contribution in [-0.4, -0.2) is 19.3 Å². The number of hydrogen-bond acceptors (Lipinski definition) is 2. The van der Waals surface area contributed by atoms with E-state index in [0.717, 1.165) is 11.5 Å². The van der Waals surface area contributed by atoms with Crippen LogP contribution in [0.5, 0.6) is 0 Å². The van der Waals surface area contributed by atoms with Crippen LogP contribution in [0.4, 0.5) is 0 Å². The molecular weight excluding hydrogens is 282 g/mol. The van der Waals surface area contributed by atoms with Crippen LogP contribution in [-0.2, 0) is 10.0 Å². The smallest absolute Gasteiger partial charge is 0.263 e. The molecule has 1 heterocycles. The lowest BCUT2D eigenvalue weighted by Crippen LogP contribution is -2.31. The van der Waals surface area contributed by atoms with Gasteiger partial charge in [-0.3, -0.25) is 4.31 Å². The van der Waals surface area contributed by atoms with E-state index in [2.05, 4.69) is 13.0 Å². The molecule has 2 saturated carbocycles. The van der Waals surface area contributed by atoms with Crippen LogP contribution in [0, 0.1) is 30.1 Å². The predicted octanol–water partition coefficient (Wildman–Crippen LogP) is 3.18. The van der Waals surface area contributed by atoms with Gasteiger partial charge in [0.25, 0.3) is 10.0 Å². The second-order valence-electron chi connectivity index (χ2n) is 7.04. The summed E-state index contributed by atoms with van der Waals surface area (Å²) in [6.07, 6.45) is 6.59. The molecule has 0 N–H and O–H groups in total. The third-order valence-corrected chi connectivity index (χ3v) is 7.33. The Morgan fingerprint density at radius 2 is 1.86 bits per heavy atom. The van der Waals surface area contributed by atoms with Crippen LogP contribution in [0.2, 0.25) is 0 Å². The Hall–Kier alpha value is -1.29. The molecule has 0 spiro atoms. The van der Waals surface area contributed by atoms with Gasteiger partial charge in [-0.1, -0.05) is 30.7 Å². The molecule has 0 radical (unpaired) electrons. The van der Waals surface area contributed by atoms with Crippen LogP contribution in [0.25, 0.3) is 0 Å². The number of nitrogens with zero attached hydrogens (tertiary/aromatic N) is 1. The molecule has 4 heteroatoms. The molecule has 3 nitrogen and oxygen atoms in total. The molecule has 3 atom stereocenters. The molecule has 3 unspecified atom stereocenters. The first-order chi connectivity index (χ1) is 9.93. The fraction of sp³-hybridized carbons (Fsp3) is 0.529. The van der Waals surface area contributed by atoms with Gasteiger partial charge in [0.1, 0.15) is 0 Å². The summed E-state index contributed by atoms with van der Waals surface area (Å²) in [4.78, 5) is 0.393. The molecular formula is C17H21NO2S. The van der Waals surface area contributed by atoms with Gasteiger partial charge < -0.3 is 0 Å². The molecule has 0 aromatic heterocycles. The normalized spacial score (nSPS) is 34.7. The summed E-state index contributed by atoms with van der Waals surface area (Å²) in [5.41, 5.74) is 1.33. The molecule has 1 aliphatic heterocycles. The van der Waals surface area contributed by atoms with E-state index < -0.39 is 10.0 Å². The molecule has 3 aliphatic rings. The topological polar surface area (TPSA) is 37.4 Å². The minimum atomic E-state index is -3.39. The Labute approximate surface area is 126 Å². The quantitative estimate of drug-likeness (QED) is 0.860. The van der Waals surface area contributed by atoms with Crippen molar-refractivity contribution in [3.63, 3.8) is 0 Å². The Morgan fingerprint density at radius 1 is 1.19 bits per heavy atom. The van der Waals surface area contributed by atoms with Crippen LogP contribution in [0.1, 0.15) is 25.3 Å². The Kier molecular flexibility index (Phi) is 2.63. The summed E-state index contributed by atoms with van der Waals surface area (Å²) in [6, 6.07) is 7.12. The van der Waals surface area contributed by atoms with Crippen molar-refractivity contribution in [2.75, 3.05) is 6.54 Å². The van der Waals surface area contributed by atoms with Crippen LogP contribution in [0.3, 0.4) is 0 Å². The van der Waals surface area contributed by atoms with Gasteiger partial charge in [0.2, 0.25) is 0 Å². The predicted molar refractivity (Wildman–Crippen MR) is 82.0 cm³/mol. The summed E-state index contributed by atoms with van der Waals surface area (Å²) in [5.74, 6) is 2.05. The van der Waals surface area contributed by atoms with Crippen molar-refractivity contribution in [3.05, 3.63) is 42.1 Å². The molecule has 4 rings (SSSR count). The van der Waals surface area contributed by atoms with Gasteiger partial charge >= 0.3 is 0 Å². The zero-order valence-electron chi connectivity index (χ0n) is 12.5. The molecule has 1 aromatic rings. The largest absolute Gasteiger partial charge is 0.273 e. The van der Waals surface area contributed by atoms with E-state index in [1.54, 1.807) is 22.6 Å². The second kappa shape index (κ2) is 4.13. The van der Waals surface area contributed by atoms with Crippen molar-refractivity contribution in [1.29, 1.82) is 0 Å². The standard InChI is InChI=1S/C17H21NO2S/c1-12-3-7-14(8-4-12)21(19,20)18-10-9-17(2)15(11-18)16(17)13-5-6-13/h3-4,7-10,13,15-16H,5-6,11H2,1-2H3. The van der Waals surface area contributed by atoms with Gasteiger partial charge in [-0.2, -0.15) is 0 Å². The first-order valence-electron chi connectivity index (χ1n) is 7.71. The molecule has 0 bridgehead atoms. The van der Waals surface area contributed by atoms with Crippen molar-refractivity contribution in [2.45, 2.75) is 31.6 Å². The first-order valence-corrected chi connectivity index (χ1v) is 9.15. The number of fused-ring (bicyclic) bond motifs is 1. The highest BCUT2D eigenvalue weighted by atomic mass is 32.2. The van der Waals surface area contributed by atoms with Gasteiger partial charge in [0, 0.05) is 12.7 Å². The second-order valence-corrected chi connectivity index (χ2v) is 8.93. The summed E-state index contributed by atoms with van der Waals surface area (Å²) in [7, 11) is -3.39. The van der Waals surface area contributed by atoms with E-state index in [4.69, 9.17) is 0 Å². The van der Waals surface area contributed by atoms with Crippen LogP contribution in [0.15, 0.2) is 41.4 Å². The van der Waals surface area contributed by atoms with E-state index in [1.807, 2.05) is 19.1 Å². The van der Waals surface area contributed by atoms with Gasteiger partial charge in [-0.25, -0.2) is 8.42 Å². The lowest BCUT2D eigenvalue weighted by Gasteiger charge is -2.25. The van der Waals surface area contributed by atoms with Crippen LogP contribution < -0.4 is 0 Å². The van der Waals surface area contributed by atoms with Gasteiger partial charge in [-0.05, 0) is 55.1 Å². The maximum atomic E-state index is 12.7. The van der Waals surface area contributed by atoms with Gasteiger partial charge in [0.15, 0.2) is 0 Å². The minimum Gasteiger partial charge on any atom is -0.273 e. The SMILES string of the molecule is Cc1ccc(S(=O)(=O)N2C=CC3(C)C(C2)C3C2CC2)cc1. The molecule has 0 amide bonds. The summed E-state index contributed by atoms with van der Waals surface area (Å²) in [5, 5.41) is 0. The van der Waals surface area contributed by atoms with Crippen molar-refractivity contribution in [1.82, 2.24) is 4.31 Å². The van der Waals surface area contributed by atoms with Crippen molar-refractivity contribution in [2.24, 2.45) is 23.2 Å². The van der Waals surface area contributed by atoms with E-state index in [1.165, 1.54) is 12.8 Å². The molecule has 2 fully saturated rings. The van der Waals surface area contributed by atoms with Crippen molar-refractivity contribution in [3.8, 4) is 0 Å². The zero-order chi connectivity index (χ0) is 14.8. The summed E-state index contributed by atoms with van der Waals surface area (Å²) >= 11 is 0. The van der Waals surface area contributed by atoms with Crippen molar-refractivity contribution < 1.29 is 8.42 Å². The van der Waals surface area contributed by atoms with Gasteiger partial charge in [-0.15, -0.1) is 0 Å². The zero-order valence-corrected chi connectivity index (χ0v) is 13.3. The lowest BCUT2D eigenvalue weighted by molar-refractivity contribution is 0.431. The summed E-state index contributed by atoms with van der Waals surface area (Å²) < 4.78 is 27.0. The average molecular weight is 303 g/mol. The van der Waals surface area contributed by atoms with E-state index in [-0.39, 0.29) is 5.41 Å². The monoisotopic (exact) mass is 303 g/mol. The van der Waals surface area contributed by atoms with Gasteiger partial charge in [0.05, 0.1) is 4.90 Å². The molecule has 21 heavy (non-hydrogen) atoms. The highest BCUT2D eigenvalue weighted by molar-refractivity contribution is 7.89. The third-order valence-electron chi connectivity index (χ3n) is 5.58. The fourth-order valence-corrected chi connectivity index (χ4v) is 5.35. The fourth-order valence-electron chi connectivity index (χ4n) is 4.02. The van der Waals surface area contributed by atoms with Crippen molar-refractivity contribution >= 4 is 10.0 Å². The Morgan fingerprint density at radius 3 is 2.48 bits per heavy atom. The minimum absolute atomic E-state index is 0.250. The van der Waals surface area contributed by atoms with Crippen LogP contribution >= 0.6 is 0 Å². The Balaban J connectivity index is 1.60. The first kappa shape index (κ1) is 13.4. The highest BCUT2D eigenvalue weighted by Crippen LogP contribution is 2.69. The molecule has 0 saturated heterocycles. The van der Waals surface area contributed by atoms with E-state index >= 15 is 0 Å². The lowest BCUT2D eigenvalue weighted by atomic mass is 10.0. The average Bonchev–Trinajstić information content (AvgIpc) is 3.32. The highest BCUT2D eigenvalue weighted by Gasteiger charge is 2.66. The maximum absolute atomic E-state index is 12.7. The van der Waals surface area contributed by atoms with E-state index in [0.29, 0.717) is 23.3 Å². The molecule has 112 valence electrons. The number of hydrogen-bond donors (Lipinski definition) is 0. The molecule has 1 aromatic carbocycles. The number of sulfonamides is 1. The number of rotatable bonds is 3. The number of aryl methyl sites for hydroxylation is 1. The molecule has 2 aliphatic carbocycles. The number of allylic oxidation sites excluding steroid dienone is 1. The number of benzene rings is 1. The Bertz CT molecular complexity index is 703. The summed E-state index contributed by atoms with van der Waals surface area (Å²) in [6.45, 7) is 4.89. The third kappa shape index (κ3) is 1.95.